The van der Waals surface area contributed by atoms with Gasteiger partial charge in [0.25, 0.3) is 5.91 Å². The predicted molar refractivity (Wildman–Crippen MR) is 66.3 cm³/mol. The van der Waals surface area contributed by atoms with E-state index >= 15 is 0 Å². The molecule has 0 aliphatic carbocycles. The molecule has 1 aliphatic rings. The second kappa shape index (κ2) is 4.88. The standard InChI is InChI=1S/C14H10F2N2O2/c15-12-9(5-6-17-13(12)16)14(19)18-10-7-20-11-4-2-1-3-8(10)11/h1-6,10H,7H2,(H,18,19). The Morgan fingerprint density at radius 3 is 2.95 bits per heavy atom. The van der Waals surface area contributed by atoms with E-state index in [0.29, 0.717) is 5.75 Å². The molecule has 1 amide bonds. The van der Waals surface area contributed by atoms with Gasteiger partial charge in [-0.05, 0) is 12.1 Å². The van der Waals surface area contributed by atoms with E-state index in [2.05, 4.69) is 10.3 Å². The number of rotatable bonds is 2. The number of hydrogen-bond acceptors (Lipinski definition) is 3. The molecule has 1 unspecified atom stereocenters. The highest BCUT2D eigenvalue weighted by Gasteiger charge is 2.26. The highest BCUT2D eigenvalue weighted by molar-refractivity contribution is 5.94. The number of carbonyl (C=O) groups excluding carboxylic acids is 1. The minimum absolute atomic E-state index is 0.264. The Hall–Kier alpha value is -2.50. The zero-order chi connectivity index (χ0) is 14.1. The van der Waals surface area contributed by atoms with Gasteiger partial charge in [0.05, 0.1) is 11.6 Å². The number of para-hydroxylation sites is 1. The average molecular weight is 276 g/mol. The molecule has 1 atom stereocenters. The lowest BCUT2D eigenvalue weighted by Gasteiger charge is -2.12. The van der Waals surface area contributed by atoms with Gasteiger partial charge >= 0.3 is 0 Å². The summed E-state index contributed by atoms with van der Waals surface area (Å²) in [7, 11) is 0. The maximum atomic E-state index is 13.5. The van der Waals surface area contributed by atoms with Crippen LogP contribution in [0.3, 0.4) is 0 Å². The molecule has 3 rings (SSSR count). The van der Waals surface area contributed by atoms with Crippen molar-refractivity contribution in [2.75, 3.05) is 6.61 Å². The number of ether oxygens (including phenoxy) is 1. The van der Waals surface area contributed by atoms with E-state index < -0.39 is 17.7 Å². The van der Waals surface area contributed by atoms with Crippen LogP contribution in [0.15, 0.2) is 36.5 Å². The molecular formula is C14H10F2N2O2. The zero-order valence-electron chi connectivity index (χ0n) is 10.3. The minimum atomic E-state index is -1.29. The number of pyridine rings is 1. The van der Waals surface area contributed by atoms with Crippen LogP contribution in [0, 0.1) is 11.8 Å². The van der Waals surface area contributed by atoms with E-state index in [9.17, 15) is 13.6 Å². The Balaban J connectivity index is 1.83. The van der Waals surface area contributed by atoms with Gasteiger partial charge in [-0.15, -0.1) is 0 Å². The molecule has 0 saturated carbocycles. The van der Waals surface area contributed by atoms with Gasteiger partial charge in [0.1, 0.15) is 12.4 Å². The third kappa shape index (κ3) is 2.09. The fourth-order valence-corrected chi connectivity index (χ4v) is 2.11. The smallest absolute Gasteiger partial charge is 0.255 e. The van der Waals surface area contributed by atoms with Crippen molar-refractivity contribution < 1.29 is 18.3 Å². The van der Waals surface area contributed by atoms with Crippen molar-refractivity contribution in [3.63, 3.8) is 0 Å². The van der Waals surface area contributed by atoms with Crippen LogP contribution in [0.5, 0.6) is 5.75 Å². The Kier molecular flexibility index (Phi) is 3.06. The Morgan fingerprint density at radius 1 is 1.30 bits per heavy atom. The molecule has 2 aromatic rings. The SMILES string of the molecule is O=C(NC1COc2ccccc21)c1ccnc(F)c1F. The van der Waals surface area contributed by atoms with Crippen LogP contribution >= 0.6 is 0 Å². The summed E-state index contributed by atoms with van der Waals surface area (Å²) in [6.07, 6.45) is 1.05. The van der Waals surface area contributed by atoms with Crippen molar-refractivity contribution in [1.29, 1.82) is 0 Å². The third-order valence-electron chi connectivity index (χ3n) is 3.10. The van der Waals surface area contributed by atoms with E-state index in [1.807, 2.05) is 18.2 Å². The maximum Gasteiger partial charge on any atom is 0.255 e. The van der Waals surface area contributed by atoms with Crippen molar-refractivity contribution in [3.05, 3.63) is 59.4 Å². The first-order chi connectivity index (χ1) is 9.66. The summed E-state index contributed by atoms with van der Waals surface area (Å²) in [6, 6.07) is 8.00. The predicted octanol–water partition coefficient (Wildman–Crippen LogP) is 2.22. The number of benzene rings is 1. The Labute approximate surface area is 113 Å². The molecule has 1 aromatic carbocycles. The average Bonchev–Trinajstić information content (AvgIpc) is 2.85. The summed E-state index contributed by atoms with van der Waals surface area (Å²) >= 11 is 0. The van der Waals surface area contributed by atoms with E-state index in [0.717, 1.165) is 17.8 Å². The van der Waals surface area contributed by atoms with Crippen LogP contribution in [0.2, 0.25) is 0 Å². The number of hydrogen-bond donors (Lipinski definition) is 1. The number of nitrogens with one attached hydrogen (secondary N) is 1. The van der Waals surface area contributed by atoms with Crippen LogP contribution in [-0.4, -0.2) is 17.5 Å². The van der Waals surface area contributed by atoms with Crippen LogP contribution in [0.1, 0.15) is 22.0 Å². The van der Waals surface area contributed by atoms with Crippen molar-refractivity contribution in [3.8, 4) is 5.75 Å². The number of carbonyl (C=O) groups is 1. The van der Waals surface area contributed by atoms with Gasteiger partial charge in [0.2, 0.25) is 5.95 Å². The summed E-state index contributed by atoms with van der Waals surface area (Å²) in [5.74, 6) is -2.56. The highest BCUT2D eigenvalue weighted by atomic mass is 19.2. The number of amides is 1. The van der Waals surface area contributed by atoms with Gasteiger partial charge in [-0.2, -0.15) is 4.39 Å². The summed E-state index contributed by atoms with van der Waals surface area (Å²) in [5, 5.41) is 2.62. The van der Waals surface area contributed by atoms with E-state index in [1.54, 1.807) is 6.07 Å². The molecule has 6 heteroatoms. The lowest BCUT2D eigenvalue weighted by Crippen LogP contribution is -2.30. The molecule has 0 saturated heterocycles. The molecule has 0 radical (unpaired) electrons. The van der Waals surface area contributed by atoms with Gasteiger partial charge in [0.15, 0.2) is 5.82 Å². The maximum absolute atomic E-state index is 13.5. The van der Waals surface area contributed by atoms with E-state index in [4.69, 9.17) is 4.74 Å². The first kappa shape index (κ1) is 12.5. The molecule has 102 valence electrons. The Morgan fingerprint density at radius 2 is 2.10 bits per heavy atom. The minimum Gasteiger partial charge on any atom is -0.491 e. The molecule has 0 fully saturated rings. The molecule has 0 bridgehead atoms. The first-order valence-electron chi connectivity index (χ1n) is 5.99. The fraction of sp³-hybridized carbons (Fsp3) is 0.143. The topological polar surface area (TPSA) is 51.2 Å². The second-order valence-electron chi connectivity index (χ2n) is 4.34. The zero-order valence-corrected chi connectivity index (χ0v) is 10.3. The lowest BCUT2D eigenvalue weighted by atomic mass is 10.1. The van der Waals surface area contributed by atoms with E-state index in [-0.39, 0.29) is 18.2 Å². The molecular weight excluding hydrogens is 266 g/mol. The van der Waals surface area contributed by atoms with E-state index in [1.165, 1.54) is 0 Å². The van der Waals surface area contributed by atoms with Crippen LogP contribution in [-0.2, 0) is 0 Å². The molecule has 4 nitrogen and oxygen atoms in total. The third-order valence-corrected chi connectivity index (χ3v) is 3.10. The number of nitrogens with zero attached hydrogens (tertiary/aromatic N) is 1. The van der Waals surface area contributed by atoms with Crippen molar-refractivity contribution in [2.45, 2.75) is 6.04 Å². The summed E-state index contributed by atoms with van der Waals surface area (Å²) in [4.78, 5) is 15.1. The number of halogens is 2. The highest BCUT2D eigenvalue weighted by Crippen LogP contribution is 2.31. The van der Waals surface area contributed by atoms with Crippen LogP contribution in [0.4, 0.5) is 8.78 Å². The number of aromatic nitrogens is 1. The van der Waals surface area contributed by atoms with Gasteiger partial charge in [-0.25, -0.2) is 9.37 Å². The quantitative estimate of drug-likeness (QED) is 0.856. The van der Waals surface area contributed by atoms with Crippen molar-refractivity contribution in [2.24, 2.45) is 0 Å². The monoisotopic (exact) mass is 276 g/mol. The van der Waals surface area contributed by atoms with Crippen LogP contribution < -0.4 is 10.1 Å². The normalized spacial score (nSPS) is 16.4. The lowest BCUT2D eigenvalue weighted by molar-refractivity contribution is 0.0924. The molecule has 1 aromatic heterocycles. The van der Waals surface area contributed by atoms with Crippen molar-refractivity contribution >= 4 is 5.91 Å². The largest absolute Gasteiger partial charge is 0.491 e. The van der Waals surface area contributed by atoms with Crippen LogP contribution in [0.25, 0.3) is 0 Å². The molecule has 2 heterocycles. The molecule has 1 aliphatic heterocycles. The van der Waals surface area contributed by atoms with Gasteiger partial charge in [-0.1, -0.05) is 18.2 Å². The summed E-state index contributed by atoms with van der Waals surface area (Å²) in [5.41, 5.74) is 0.442. The molecule has 20 heavy (non-hydrogen) atoms. The summed E-state index contributed by atoms with van der Waals surface area (Å²) < 4.78 is 31.9. The molecule has 0 spiro atoms. The first-order valence-corrected chi connectivity index (χ1v) is 5.99. The fourth-order valence-electron chi connectivity index (χ4n) is 2.11. The second-order valence-corrected chi connectivity index (χ2v) is 4.34. The van der Waals surface area contributed by atoms with Crippen molar-refractivity contribution in [1.82, 2.24) is 10.3 Å². The number of fused-ring (bicyclic) bond motifs is 1. The molecule has 1 N–H and O–H groups in total. The Bertz CT molecular complexity index is 676. The summed E-state index contributed by atoms with van der Waals surface area (Å²) in [6.45, 7) is 0.264. The van der Waals surface area contributed by atoms with Gasteiger partial charge in [0, 0.05) is 11.8 Å². The van der Waals surface area contributed by atoms with Gasteiger partial charge in [-0.3, -0.25) is 4.79 Å². The van der Waals surface area contributed by atoms with Gasteiger partial charge < -0.3 is 10.1 Å².